The first-order chi connectivity index (χ1) is 16.0. The lowest BCUT2D eigenvalue weighted by Gasteiger charge is -2.17. The largest absolute Gasteiger partial charge is 0.325 e. The quantitative estimate of drug-likeness (QED) is 0.229. The molecular formula is C24H19Cl2N5OS. The van der Waals surface area contributed by atoms with Crippen LogP contribution in [-0.4, -0.2) is 25.7 Å². The monoisotopic (exact) mass is 495 g/mol. The van der Waals surface area contributed by atoms with E-state index in [9.17, 15) is 4.79 Å². The molecule has 2 heterocycles. The number of rotatable bonds is 8. The van der Waals surface area contributed by atoms with Crippen molar-refractivity contribution in [1.29, 1.82) is 0 Å². The molecule has 33 heavy (non-hydrogen) atoms. The smallest absolute Gasteiger partial charge is 0.242 e. The molecular weight excluding hydrogens is 477 g/mol. The van der Waals surface area contributed by atoms with Crippen LogP contribution in [0, 0.1) is 0 Å². The summed E-state index contributed by atoms with van der Waals surface area (Å²) in [5.74, 6) is 0.441. The molecule has 0 bridgehead atoms. The van der Waals surface area contributed by atoms with Gasteiger partial charge in [-0.15, -0.1) is 16.8 Å². The van der Waals surface area contributed by atoms with Crippen LogP contribution in [0.25, 0.3) is 11.4 Å². The number of nitrogens with zero attached hydrogens (tertiary/aromatic N) is 4. The Balaban J connectivity index is 1.68. The zero-order valence-corrected chi connectivity index (χ0v) is 19.7. The van der Waals surface area contributed by atoms with E-state index < -0.39 is 5.25 Å². The van der Waals surface area contributed by atoms with Gasteiger partial charge in [0.25, 0.3) is 0 Å². The van der Waals surface area contributed by atoms with Crippen LogP contribution in [0.15, 0.2) is 90.9 Å². The van der Waals surface area contributed by atoms with E-state index in [1.807, 2.05) is 47.0 Å². The summed E-state index contributed by atoms with van der Waals surface area (Å²) < 4.78 is 1.92. The number of nitrogens with one attached hydrogen (secondary N) is 1. The zero-order valence-electron chi connectivity index (χ0n) is 17.4. The fourth-order valence-electron chi connectivity index (χ4n) is 3.22. The van der Waals surface area contributed by atoms with Gasteiger partial charge >= 0.3 is 0 Å². The molecule has 0 saturated heterocycles. The van der Waals surface area contributed by atoms with Crippen molar-refractivity contribution in [3.05, 3.63) is 101 Å². The minimum atomic E-state index is -0.595. The number of allylic oxidation sites excluding steroid dienone is 1. The van der Waals surface area contributed by atoms with Gasteiger partial charge in [-0.25, -0.2) is 0 Å². The molecule has 1 N–H and O–H groups in total. The number of hydrogen-bond donors (Lipinski definition) is 1. The molecule has 166 valence electrons. The first-order valence-electron chi connectivity index (χ1n) is 9.98. The highest BCUT2D eigenvalue weighted by molar-refractivity contribution is 8.00. The van der Waals surface area contributed by atoms with Gasteiger partial charge in [0.2, 0.25) is 5.91 Å². The second kappa shape index (κ2) is 10.7. The third-order valence-corrected chi connectivity index (χ3v) is 6.33. The van der Waals surface area contributed by atoms with Gasteiger partial charge in [-0.05, 0) is 35.9 Å². The Morgan fingerprint density at radius 2 is 1.76 bits per heavy atom. The number of anilines is 1. The maximum atomic E-state index is 13.4. The number of thioether (sulfide) groups is 1. The van der Waals surface area contributed by atoms with Crippen LogP contribution >= 0.6 is 35.0 Å². The van der Waals surface area contributed by atoms with Crippen LogP contribution in [0.1, 0.15) is 10.8 Å². The molecule has 6 nitrogen and oxygen atoms in total. The summed E-state index contributed by atoms with van der Waals surface area (Å²) in [6, 6.07) is 18.1. The van der Waals surface area contributed by atoms with Crippen LogP contribution < -0.4 is 5.32 Å². The fraction of sp³-hybridized carbons (Fsp3) is 0.0833. The Labute approximate surface area is 205 Å². The van der Waals surface area contributed by atoms with Crippen molar-refractivity contribution in [2.45, 2.75) is 17.0 Å². The van der Waals surface area contributed by atoms with Crippen molar-refractivity contribution >= 4 is 46.6 Å². The zero-order chi connectivity index (χ0) is 23.2. The number of amides is 1. The van der Waals surface area contributed by atoms with Gasteiger partial charge in [0.15, 0.2) is 11.0 Å². The maximum Gasteiger partial charge on any atom is 0.242 e. The van der Waals surface area contributed by atoms with Crippen molar-refractivity contribution in [2.24, 2.45) is 0 Å². The molecule has 1 atom stereocenters. The van der Waals surface area contributed by atoms with Gasteiger partial charge in [0.1, 0.15) is 5.25 Å². The second-order valence-corrected chi connectivity index (χ2v) is 8.94. The third kappa shape index (κ3) is 5.63. The SMILES string of the molecule is C=CCn1c(S[C@@H](C(=O)Nc2cc(Cl)cc(Cl)c2)c2ccccc2)nnc1-c1ccncc1. The lowest BCUT2D eigenvalue weighted by atomic mass is 10.1. The first kappa shape index (κ1) is 23.0. The molecule has 2 aromatic carbocycles. The van der Waals surface area contributed by atoms with Gasteiger partial charge in [0, 0.05) is 40.2 Å². The molecule has 0 fully saturated rings. The summed E-state index contributed by atoms with van der Waals surface area (Å²) in [7, 11) is 0. The van der Waals surface area contributed by atoms with Crippen LogP contribution in [0.2, 0.25) is 10.0 Å². The molecule has 2 aromatic heterocycles. The van der Waals surface area contributed by atoms with E-state index in [1.54, 1.807) is 36.7 Å². The van der Waals surface area contributed by atoms with Crippen LogP contribution in [-0.2, 0) is 11.3 Å². The molecule has 4 aromatic rings. The van der Waals surface area contributed by atoms with Crippen LogP contribution in [0.5, 0.6) is 0 Å². The highest BCUT2D eigenvalue weighted by Gasteiger charge is 2.26. The van der Waals surface area contributed by atoms with Crippen LogP contribution in [0.4, 0.5) is 5.69 Å². The van der Waals surface area contributed by atoms with Gasteiger partial charge in [-0.1, -0.05) is 71.4 Å². The molecule has 0 radical (unpaired) electrons. The van der Waals surface area contributed by atoms with E-state index in [1.165, 1.54) is 11.8 Å². The molecule has 0 aliphatic rings. The molecule has 4 rings (SSSR count). The lowest BCUT2D eigenvalue weighted by molar-refractivity contribution is -0.115. The summed E-state index contributed by atoms with van der Waals surface area (Å²) in [5, 5.41) is 12.5. The van der Waals surface area contributed by atoms with Gasteiger partial charge < -0.3 is 5.32 Å². The van der Waals surface area contributed by atoms with Crippen molar-refractivity contribution in [3.63, 3.8) is 0 Å². The lowest BCUT2D eigenvalue weighted by Crippen LogP contribution is -2.19. The van der Waals surface area contributed by atoms with Crippen molar-refractivity contribution in [3.8, 4) is 11.4 Å². The van der Waals surface area contributed by atoms with Gasteiger partial charge in [0.05, 0.1) is 0 Å². The molecule has 1 amide bonds. The molecule has 0 spiro atoms. The van der Waals surface area contributed by atoms with E-state index in [0.29, 0.717) is 33.3 Å². The summed E-state index contributed by atoms with van der Waals surface area (Å²) in [5.41, 5.74) is 2.22. The van der Waals surface area contributed by atoms with Crippen molar-refractivity contribution in [1.82, 2.24) is 19.7 Å². The fourth-order valence-corrected chi connectivity index (χ4v) is 4.80. The summed E-state index contributed by atoms with van der Waals surface area (Å²) in [4.78, 5) is 17.4. The Kier molecular flexibility index (Phi) is 7.44. The summed E-state index contributed by atoms with van der Waals surface area (Å²) in [6.07, 6.45) is 5.17. The van der Waals surface area contributed by atoms with E-state index in [2.05, 4.69) is 27.1 Å². The Morgan fingerprint density at radius 1 is 1.06 bits per heavy atom. The van der Waals surface area contributed by atoms with E-state index >= 15 is 0 Å². The predicted molar refractivity (Wildman–Crippen MR) is 134 cm³/mol. The normalized spacial score (nSPS) is 11.7. The average molecular weight is 496 g/mol. The van der Waals surface area contributed by atoms with Gasteiger partial charge in [-0.3, -0.25) is 14.3 Å². The number of carbonyl (C=O) groups excluding carboxylic acids is 1. The molecule has 0 aliphatic heterocycles. The number of halogens is 2. The van der Waals surface area contributed by atoms with Crippen molar-refractivity contribution in [2.75, 3.05) is 5.32 Å². The standard InChI is InChI=1S/C24H19Cl2N5OS/c1-2-12-31-22(17-8-10-27-11-9-17)29-30-24(31)33-21(16-6-4-3-5-7-16)23(32)28-20-14-18(25)13-19(26)15-20/h2-11,13-15,21H,1,12H2,(H,28,32)/t21-/m1/s1. The van der Waals surface area contributed by atoms with E-state index in [0.717, 1.165) is 11.1 Å². The van der Waals surface area contributed by atoms with E-state index in [-0.39, 0.29) is 5.91 Å². The number of aromatic nitrogens is 4. The number of pyridine rings is 1. The highest BCUT2D eigenvalue weighted by atomic mass is 35.5. The average Bonchev–Trinajstić information content (AvgIpc) is 3.20. The predicted octanol–water partition coefficient (Wildman–Crippen LogP) is 6.31. The molecule has 0 aliphatic carbocycles. The maximum absolute atomic E-state index is 13.4. The molecule has 9 heteroatoms. The summed E-state index contributed by atoms with van der Waals surface area (Å²) in [6.45, 7) is 4.34. The number of carbonyl (C=O) groups is 1. The minimum absolute atomic E-state index is 0.233. The van der Waals surface area contributed by atoms with Crippen LogP contribution in [0.3, 0.4) is 0 Å². The van der Waals surface area contributed by atoms with E-state index in [4.69, 9.17) is 23.2 Å². The first-order valence-corrected chi connectivity index (χ1v) is 11.6. The summed E-state index contributed by atoms with van der Waals surface area (Å²) >= 11 is 13.5. The Morgan fingerprint density at radius 3 is 2.42 bits per heavy atom. The number of benzene rings is 2. The van der Waals surface area contributed by atoms with Crippen molar-refractivity contribution < 1.29 is 4.79 Å². The highest BCUT2D eigenvalue weighted by Crippen LogP contribution is 2.37. The number of hydrogen-bond acceptors (Lipinski definition) is 5. The minimum Gasteiger partial charge on any atom is -0.325 e. The Bertz CT molecular complexity index is 1240. The third-order valence-electron chi connectivity index (χ3n) is 4.66. The second-order valence-electron chi connectivity index (χ2n) is 7.00. The molecule has 0 unspecified atom stereocenters. The Hall–Kier alpha value is -3.13. The topological polar surface area (TPSA) is 72.7 Å². The van der Waals surface area contributed by atoms with Gasteiger partial charge in [-0.2, -0.15) is 0 Å². The molecule has 0 saturated carbocycles.